The number of hydrogen-bond acceptors (Lipinski definition) is 6. The molecule has 4 heterocycles. The van der Waals surface area contributed by atoms with Gasteiger partial charge in [-0.15, -0.1) is 11.3 Å². The lowest BCUT2D eigenvalue weighted by atomic mass is 10.1. The molecule has 1 saturated heterocycles. The first-order chi connectivity index (χ1) is 13.2. The van der Waals surface area contributed by atoms with Crippen LogP contribution in [0.5, 0.6) is 0 Å². The lowest BCUT2D eigenvalue weighted by Gasteiger charge is -2.23. The number of nitrogens with one attached hydrogen (secondary N) is 1. The van der Waals surface area contributed by atoms with Gasteiger partial charge in [-0.05, 0) is 50.6 Å². The minimum atomic E-state index is 0.0141. The Morgan fingerprint density at radius 2 is 2.19 bits per heavy atom. The van der Waals surface area contributed by atoms with Crippen LogP contribution in [-0.4, -0.2) is 33.9 Å². The first-order valence-electron chi connectivity index (χ1n) is 9.21. The lowest BCUT2D eigenvalue weighted by molar-refractivity contribution is 0.0960. The second-order valence-corrected chi connectivity index (χ2v) is 7.70. The summed E-state index contributed by atoms with van der Waals surface area (Å²) in [7, 11) is 0. The van der Waals surface area contributed by atoms with Crippen molar-refractivity contribution in [3.05, 3.63) is 58.2 Å². The van der Waals surface area contributed by atoms with E-state index in [0.717, 1.165) is 36.4 Å². The van der Waals surface area contributed by atoms with Crippen molar-refractivity contribution in [3.63, 3.8) is 0 Å². The average Bonchev–Trinajstić information content (AvgIpc) is 3.44. The summed E-state index contributed by atoms with van der Waals surface area (Å²) in [6, 6.07) is 8.06. The van der Waals surface area contributed by atoms with E-state index in [9.17, 15) is 4.79 Å². The van der Waals surface area contributed by atoms with Crippen molar-refractivity contribution < 1.29 is 9.21 Å². The number of furan rings is 1. The second kappa shape index (κ2) is 8.02. The number of nitrogens with zero attached hydrogens (tertiary/aromatic N) is 3. The number of amides is 1. The van der Waals surface area contributed by atoms with Crippen molar-refractivity contribution in [3.8, 4) is 11.6 Å². The van der Waals surface area contributed by atoms with Crippen LogP contribution in [0.3, 0.4) is 0 Å². The van der Waals surface area contributed by atoms with Crippen LogP contribution in [0.4, 0.5) is 0 Å². The Labute approximate surface area is 162 Å². The van der Waals surface area contributed by atoms with E-state index >= 15 is 0 Å². The number of likely N-dealkylation sites (tertiary alicyclic amines) is 1. The van der Waals surface area contributed by atoms with Gasteiger partial charge in [0, 0.05) is 42.0 Å². The Kier molecular flexibility index (Phi) is 5.31. The monoisotopic (exact) mass is 382 g/mol. The Morgan fingerprint density at radius 1 is 1.33 bits per heavy atom. The third-order valence-corrected chi connectivity index (χ3v) is 5.90. The van der Waals surface area contributed by atoms with Gasteiger partial charge < -0.3 is 9.73 Å². The molecular weight excluding hydrogens is 360 g/mol. The van der Waals surface area contributed by atoms with Gasteiger partial charge in [0.05, 0.1) is 11.1 Å². The highest BCUT2D eigenvalue weighted by atomic mass is 32.1. The van der Waals surface area contributed by atoms with E-state index in [1.165, 1.54) is 4.88 Å². The first-order valence-corrected chi connectivity index (χ1v) is 10.0. The molecule has 7 heteroatoms. The van der Waals surface area contributed by atoms with Crippen molar-refractivity contribution in [2.45, 2.75) is 32.4 Å². The molecule has 1 fully saturated rings. The first kappa shape index (κ1) is 17.9. The number of carbonyl (C=O) groups excluding carboxylic acids is 1. The second-order valence-electron chi connectivity index (χ2n) is 6.58. The predicted molar refractivity (Wildman–Crippen MR) is 104 cm³/mol. The molecule has 1 amide bonds. The SMILES string of the molecule is CCNC(=O)c1ccc(C2CCCN2Cc2cnc(-c3ccco3)nc2)s1. The minimum absolute atomic E-state index is 0.0141. The number of aromatic nitrogens is 2. The van der Waals surface area contributed by atoms with Crippen molar-refractivity contribution in [2.75, 3.05) is 13.1 Å². The number of carbonyl (C=O) groups is 1. The summed E-state index contributed by atoms with van der Waals surface area (Å²) >= 11 is 1.60. The van der Waals surface area contributed by atoms with Crippen molar-refractivity contribution >= 4 is 17.2 Å². The molecule has 1 unspecified atom stereocenters. The topological polar surface area (TPSA) is 71.3 Å². The fraction of sp³-hybridized carbons (Fsp3) is 0.350. The highest BCUT2D eigenvalue weighted by Crippen LogP contribution is 2.36. The van der Waals surface area contributed by atoms with Crippen LogP contribution < -0.4 is 5.32 Å². The zero-order chi connectivity index (χ0) is 18.6. The highest BCUT2D eigenvalue weighted by Gasteiger charge is 2.28. The molecular formula is C20H22N4O2S. The molecule has 0 aliphatic carbocycles. The summed E-state index contributed by atoms with van der Waals surface area (Å²) in [5.74, 6) is 1.30. The molecule has 0 aromatic carbocycles. The smallest absolute Gasteiger partial charge is 0.261 e. The van der Waals surface area contributed by atoms with E-state index in [2.05, 4.69) is 26.3 Å². The molecule has 0 bridgehead atoms. The van der Waals surface area contributed by atoms with Gasteiger partial charge in [0.25, 0.3) is 5.91 Å². The lowest BCUT2D eigenvalue weighted by Crippen LogP contribution is -2.22. The van der Waals surface area contributed by atoms with Crippen LogP contribution in [0.15, 0.2) is 47.3 Å². The van der Waals surface area contributed by atoms with Crippen LogP contribution in [0, 0.1) is 0 Å². The fourth-order valence-electron chi connectivity index (χ4n) is 3.44. The number of hydrogen-bond donors (Lipinski definition) is 1. The standard InChI is InChI=1S/C20H22N4O2S/c1-2-21-20(25)18-8-7-17(27-18)15-5-3-9-24(15)13-14-11-22-19(23-12-14)16-6-4-10-26-16/h4,6-8,10-12,15H,2-3,5,9,13H2,1H3,(H,21,25). The van der Waals surface area contributed by atoms with E-state index in [1.54, 1.807) is 17.6 Å². The van der Waals surface area contributed by atoms with Crippen molar-refractivity contribution in [1.29, 1.82) is 0 Å². The maximum Gasteiger partial charge on any atom is 0.261 e. The summed E-state index contributed by atoms with van der Waals surface area (Å²) < 4.78 is 5.34. The quantitative estimate of drug-likeness (QED) is 0.700. The predicted octanol–water partition coefficient (Wildman–Crippen LogP) is 3.88. The zero-order valence-corrected chi connectivity index (χ0v) is 16.0. The molecule has 6 nitrogen and oxygen atoms in total. The molecule has 1 aliphatic rings. The third-order valence-electron chi connectivity index (χ3n) is 4.71. The highest BCUT2D eigenvalue weighted by molar-refractivity contribution is 7.14. The van der Waals surface area contributed by atoms with Gasteiger partial charge in [-0.3, -0.25) is 9.69 Å². The van der Waals surface area contributed by atoms with Gasteiger partial charge in [0.1, 0.15) is 0 Å². The van der Waals surface area contributed by atoms with E-state index < -0.39 is 0 Å². The van der Waals surface area contributed by atoms with Crippen LogP contribution in [-0.2, 0) is 6.54 Å². The molecule has 1 N–H and O–H groups in total. The molecule has 1 atom stereocenters. The van der Waals surface area contributed by atoms with Crippen LogP contribution >= 0.6 is 11.3 Å². The van der Waals surface area contributed by atoms with Crippen LogP contribution in [0.25, 0.3) is 11.6 Å². The van der Waals surface area contributed by atoms with Gasteiger partial charge >= 0.3 is 0 Å². The summed E-state index contributed by atoms with van der Waals surface area (Å²) in [6.07, 6.45) is 7.63. The van der Waals surface area contributed by atoms with E-state index in [1.807, 2.05) is 37.5 Å². The molecule has 0 saturated carbocycles. The average molecular weight is 382 g/mol. The molecule has 27 heavy (non-hydrogen) atoms. The van der Waals surface area contributed by atoms with E-state index in [0.29, 0.717) is 24.2 Å². The summed E-state index contributed by atoms with van der Waals surface area (Å²) in [6.45, 7) is 4.43. The third kappa shape index (κ3) is 3.94. The largest absolute Gasteiger partial charge is 0.461 e. The van der Waals surface area contributed by atoms with Crippen LogP contribution in [0.2, 0.25) is 0 Å². The van der Waals surface area contributed by atoms with Gasteiger partial charge in [0.15, 0.2) is 11.6 Å². The van der Waals surface area contributed by atoms with Gasteiger partial charge in [0.2, 0.25) is 0 Å². The normalized spacial score (nSPS) is 17.3. The Morgan fingerprint density at radius 3 is 2.93 bits per heavy atom. The van der Waals surface area contributed by atoms with Crippen molar-refractivity contribution in [2.24, 2.45) is 0 Å². The fourth-order valence-corrected chi connectivity index (χ4v) is 4.54. The summed E-state index contributed by atoms with van der Waals surface area (Å²) in [4.78, 5) is 25.4. The number of thiophene rings is 1. The maximum atomic E-state index is 12.0. The van der Waals surface area contributed by atoms with E-state index in [4.69, 9.17) is 4.42 Å². The summed E-state index contributed by atoms with van der Waals surface area (Å²) in [5.41, 5.74) is 1.08. The van der Waals surface area contributed by atoms with Gasteiger partial charge in [-0.25, -0.2) is 9.97 Å². The van der Waals surface area contributed by atoms with E-state index in [-0.39, 0.29) is 5.91 Å². The molecule has 140 valence electrons. The minimum Gasteiger partial charge on any atom is -0.461 e. The zero-order valence-electron chi connectivity index (χ0n) is 15.2. The Hall–Kier alpha value is -2.51. The van der Waals surface area contributed by atoms with Gasteiger partial charge in [-0.1, -0.05) is 0 Å². The molecule has 0 spiro atoms. The summed E-state index contributed by atoms with van der Waals surface area (Å²) in [5, 5.41) is 2.87. The Bertz CT molecular complexity index is 889. The molecule has 3 aromatic rings. The Balaban J connectivity index is 1.45. The maximum absolute atomic E-state index is 12.0. The number of rotatable bonds is 6. The molecule has 1 aliphatic heterocycles. The molecule has 0 radical (unpaired) electrons. The molecule has 4 rings (SSSR count). The van der Waals surface area contributed by atoms with Crippen LogP contribution in [0.1, 0.15) is 45.9 Å². The van der Waals surface area contributed by atoms with Gasteiger partial charge in [-0.2, -0.15) is 0 Å². The van der Waals surface area contributed by atoms with Crippen molar-refractivity contribution in [1.82, 2.24) is 20.2 Å². The molecule has 3 aromatic heterocycles.